The van der Waals surface area contributed by atoms with E-state index in [9.17, 15) is 4.79 Å². The van der Waals surface area contributed by atoms with Gasteiger partial charge in [0.2, 0.25) is 5.91 Å². The molecule has 152 valence electrons. The van der Waals surface area contributed by atoms with Crippen LogP contribution >= 0.6 is 0 Å². The fourth-order valence-electron chi connectivity index (χ4n) is 3.42. The van der Waals surface area contributed by atoms with Crippen molar-refractivity contribution in [3.8, 4) is 0 Å². The normalized spacial score (nSPS) is 15.9. The van der Waals surface area contributed by atoms with Gasteiger partial charge in [0.05, 0.1) is 25.5 Å². The summed E-state index contributed by atoms with van der Waals surface area (Å²) in [6.45, 7) is 10.0. The van der Waals surface area contributed by atoms with Crippen molar-refractivity contribution in [3.05, 3.63) is 42.1 Å². The first-order chi connectivity index (χ1) is 13.5. The number of ether oxygens (including phenoxy) is 1. The second kappa shape index (κ2) is 9.21. The summed E-state index contributed by atoms with van der Waals surface area (Å²) >= 11 is 0. The molecule has 0 spiro atoms. The van der Waals surface area contributed by atoms with E-state index in [0.29, 0.717) is 6.54 Å². The first-order valence-electron chi connectivity index (χ1n) is 9.92. The van der Waals surface area contributed by atoms with Crippen molar-refractivity contribution in [2.24, 2.45) is 0 Å². The second-order valence-corrected chi connectivity index (χ2v) is 7.56. The lowest BCUT2D eigenvalue weighted by atomic mass is 10.1. The number of morpholine rings is 1. The maximum Gasteiger partial charge on any atom is 0.242 e. The Labute approximate surface area is 167 Å². The highest BCUT2D eigenvalue weighted by molar-refractivity contribution is 5.93. The number of likely N-dealkylation sites (N-methyl/N-ethyl adjacent to an activating group) is 1. The van der Waals surface area contributed by atoms with Crippen LogP contribution in [0, 0.1) is 0 Å². The van der Waals surface area contributed by atoms with Gasteiger partial charge in [-0.15, -0.1) is 0 Å². The molecule has 1 aliphatic rings. The predicted molar refractivity (Wildman–Crippen MR) is 112 cm³/mol. The summed E-state index contributed by atoms with van der Waals surface area (Å²) in [4.78, 5) is 17.2. The lowest BCUT2D eigenvalue weighted by Gasteiger charge is -2.32. The molecular weight excluding hydrogens is 354 g/mol. The van der Waals surface area contributed by atoms with Crippen molar-refractivity contribution < 1.29 is 9.53 Å². The molecule has 7 nitrogen and oxygen atoms in total. The number of hydrogen-bond donors (Lipinski definition) is 1. The molecule has 0 bridgehead atoms. The number of rotatable bonds is 7. The van der Waals surface area contributed by atoms with E-state index in [1.807, 2.05) is 38.6 Å². The molecule has 0 radical (unpaired) electrons. The molecule has 0 saturated carbocycles. The molecule has 1 amide bonds. The number of nitrogens with one attached hydrogen (secondary N) is 1. The third kappa shape index (κ3) is 4.72. The Morgan fingerprint density at radius 2 is 1.93 bits per heavy atom. The van der Waals surface area contributed by atoms with Gasteiger partial charge >= 0.3 is 0 Å². The predicted octanol–water partition coefficient (Wildman–Crippen LogP) is 2.76. The van der Waals surface area contributed by atoms with E-state index in [1.165, 1.54) is 11.3 Å². The van der Waals surface area contributed by atoms with E-state index < -0.39 is 0 Å². The van der Waals surface area contributed by atoms with Crippen LogP contribution < -0.4 is 10.2 Å². The molecule has 28 heavy (non-hydrogen) atoms. The highest BCUT2D eigenvalue weighted by Gasteiger charge is 2.22. The average molecular weight is 386 g/mol. The maximum absolute atomic E-state index is 12.8. The number of carbonyl (C=O) groups is 1. The molecule has 0 aliphatic carbocycles. The lowest BCUT2D eigenvalue weighted by molar-refractivity contribution is -0.120. The second-order valence-electron chi connectivity index (χ2n) is 7.56. The van der Waals surface area contributed by atoms with Crippen LogP contribution in [0.5, 0.6) is 0 Å². The average Bonchev–Trinajstić information content (AvgIpc) is 3.17. The number of aromatic nitrogens is 2. The zero-order valence-electron chi connectivity index (χ0n) is 17.3. The number of benzene rings is 1. The highest BCUT2D eigenvalue weighted by Crippen LogP contribution is 2.23. The number of amides is 1. The largest absolute Gasteiger partial charge is 0.378 e. The van der Waals surface area contributed by atoms with Crippen molar-refractivity contribution in [1.29, 1.82) is 0 Å². The minimum absolute atomic E-state index is 0.0336. The highest BCUT2D eigenvalue weighted by atomic mass is 16.5. The van der Waals surface area contributed by atoms with Gasteiger partial charge in [0.15, 0.2) is 0 Å². The fraction of sp³-hybridized carbons (Fsp3) is 0.524. The lowest BCUT2D eigenvalue weighted by Crippen LogP contribution is -2.40. The van der Waals surface area contributed by atoms with Crippen LogP contribution in [0.2, 0.25) is 0 Å². The summed E-state index contributed by atoms with van der Waals surface area (Å²) in [5.74, 6) is 0.697. The first kappa shape index (κ1) is 20.4. The van der Waals surface area contributed by atoms with E-state index in [4.69, 9.17) is 4.74 Å². The van der Waals surface area contributed by atoms with Crippen molar-refractivity contribution in [2.45, 2.75) is 39.4 Å². The number of anilines is 2. The Balaban J connectivity index is 1.66. The maximum atomic E-state index is 12.8. The van der Waals surface area contributed by atoms with Crippen LogP contribution in [0.1, 0.15) is 32.4 Å². The van der Waals surface area contributed by atoms with Gasteiger partial charge in [0.1, 0.15) is 5.82 Å². The third-order valence-corrected chi connectivity index (χ3v) is 5.21. The summed E-state index contributed by atoms with van der Waals surface area (Å²) in [5, 5.41) is 7.29. The van der Waals surface area contributed by atoms with Gasteiger partial charge in [-0.1, -0.05) is 18.2 Å². The summed E-state index contributed by atoms with van der Waals surface area (Å²) < 4.78 is 7.29. The molecule has 1 fully saturated rings. The van der Waals surface area contributed by atoms with Crippen LogP contribution in [-0.4, -0.2) is 60.0 Å². The zero-order chi connectivity index (χ0) is 20.1. The van der Waals surface area contributed by atoms with Crippen LogP contribution in [0.3, 0.4) is 0 Å². The summed E-state index contributed by atoms with van der Waals surface area (Å²) in [6.07, 6.45) is 1.71. The minimum Gasteiger partial charge on any atom is -0.378 e. The Kier molecular flexibility index (Phi) is 6.70. The molecule has 1 aromatic carbocycles. The minimum atomic E-state index is -0.270. The van der Waals surface area contributed by atoms with Crippen LogP contribution in [0.15, 0.2) is 36.5 Å². The van der Waals surface area contributed by atoms with Crippen molar-refractivity contribution in [3.63, 3.8) is 0 Å². The Morgan fingerprint density at radius 1 is 1.21 bits per heavy atom. The van der Waals surface area contributed by atoms with Crippen molar-refractivity contribution in [1.82, 2.24) is 14.7 Å². The van der Waals surface area contributed by atoms with Gasteiger partial charge in [-0.05, 0) is 39.4 Å². The van der Waals surface area contributed by atoms with Gasteiger partial charge in [-0.3, -0.25) is 9.69 Å². The van der Waals surface area contributed by atoms with Crippen LogP contribution in [0.4, 0.5) is 11.5 Å². The van der Waals surface area contributed by atoms with Crippen molar-refractivity contribution >= 4 is 17.4 Å². The molecule has 1 unspecified atom stereocenters. The quantitative estimate of drug-likeness (QED) is 0.794. The van der Waals surface area contributed by atoms with Gasteiger partial charge < -0.3 is 15.0 Å². The summed E-state index contributed by atoms with van der Waals surface area (Å²) in [7, 11) is 1.99. The SMILES string of the molecule is CC(C(=O)Nc1ccnn1C(C)C)N(C)Cc1ccccc1N1CCOCC1. The Hall–Kier alpha value is -2.38. The smallest absolute Gasteiger partial charge is 0.242 e. The molecule has 1 saturated heterocycles. The van der Waals surface area contributed by atoms with Gasteiger partial charge in [-0.2, -0.15) is 5.10 Å². The van der Waals surface area contributed by atoms with E-state index in [2.05, 4.69) is 44.5 Å². The van der Waals surface area contributed by atoms with Gasteiger partial charge in [-0.25, -0.2) is 4.68 Å². The first-order valence-corrected chi connectivity index (χ1v) is 9.92. The summed E-state index contributed by atoms with van der Waals surface area (Å²) in [6, 6.07) is 10.2. The number of para-hydroxylation sites is 1. The van der Waals surface area contributed by atoms with Crippen molar-refractivity contribution in [2.75, 3.05) is 43.6 Å². The molecular formula is C21H31N5O2. The van der Waals surface area contributed by atoms with E-state index in [0.717, 1.165) is 32.1 Å². The van der Waals surface area contributed by atoms with E-state index in [1.54, 1.807) is 6.20 Å². The monoisotopic (exact) mass is 385 g/mol. The molecule has 1 atom stereocenters. The molecule has 2 aromatic rings. The zero-order valence-corrected chi connectivity index (χ0v) is 17.3. The van der Waals surface area contributed by atoms with Crippen LogP contribution in [0.25, 0.3) is 0 Å². The van der Waals surface area contributed by atoms with E-state index >= 15 is 0 Å². The molecule has 1 aromatic heterocycles. The Bertz CT molecular complexity index is 783. The molecule has 1 aliphatic heterocycles. The van der Waals surface area contributed by atoms with E-state index in [-0.39, 0.29) is 18.0 Å². The van der Waals surface area contributed by atoms with Gasteiger partial charge in [0.25, 0.3) is 0 Å². The Morgan fingerprint density at radius 3 is 2.64 bits per heavy atom. The summed E-state index contributed by atoms with van der Waals surface area (Å²) in [5.41, 5.74) is 2.45. The third-order valence-electron chi connectivity index (χ3n) is 5.21. The number of carbonyl (C=O) groups excluding carboxylic acids is 1. The van der Waals surface area contributed by atoms with Crippen LogP contribution in [-0.2, 0) is 16.1 Å². The number of nitrogens with zero attached hydrogens (tertiary/aromatic N) is 4. The molecule has 3 rings (SSSR count). The molecule has 2 heterocycles. The van der Waals surface area contributed by atoms with Gasteiger partial charge in [0, 0.05) is 37.4 Å². The number of hydrogen-bond acceptors (Lipinski definition) is 5. The standard InChI is InChI=1S/C21H31N5O2/c1-16(2)26-20(9-10-22-26)23-21(27)17(3)24(4)15-18-7-5-6-8-19(18)25-11-13-28-14-12-25/h5-10,16-17H,11-15H2,1-4H3,(H,23,27). The fourth-order valence-corrected chi connectivity index (χ4v) is 3.42. The molecule has 7 heteroatoms. The molecule has 1 N–H and O–H groups in total. The topological polar surface area (TPSA) is 62.6 Å².